The fourth-order valence-corrected chi connectivity index (χ4v) is 6.12. The predicted octanol–water partition coefficient (Wildman–Crippen LogP) is 1.89. The number of aryl methyl sites for hydroxylation is 1. The van der Waals surface area contributed by atoms with E-state index in [0.717, 1.165) is 25.5 Å². The quantitative estimate of drug-likeness (QED) is 0.698. The number of likely N-dealkylation sites (tertiary alicyclic amines) is 1. The number of primary amides is 1. The summed E-state index contributed by atoms with van der Waals surface area (Å²) in [5.41, 5.74) is 5.60. The first-order valence-electron chi connectivity index (χ1n) is 10.5. The third-order valence-corrected chi connectivity index (χ3v) is 8.53. The highest BCUT2D eigenvalue weighted by atomic mass is 32.2. The van der Waals surface area contributed by atoms with Gasteiger partial charge in [-0.3, -0.25) is 9.69 Å². The number of rotatable bonds is 7. The second kappa shape index (κ2) is 9.30. The Labute approximate surface area is 178 Å². The number of hydrogen-bond donors (Lipinski definition) is 1. The number of methoxy groups -OCH3 is 1. The summed E-state index contributed by atoms with van der Waals surface area (Å²) in [5.74, 6) is -0.802. The number of carbonyl (C=O) groups excluding carboxylic acids is 1. The van der Waals surface area contributed by atoms with Crippen LogP contribution in [-0.4, -0.2) is 69.5 Å². The van der Waals surface area contributed by atoms with Gasteiger partial charge in [-0.2, -0.15) is 4.31 Å². The molecule has 2 saturated heterocycles. The molecule has 0 bridgehead atoms. The Bertz CT molecular complexity index is 871. The molecule has 7 nitrogen and oxygen atoms in total. The van der Waals surface area contributed by atoms with E-state index in [1.165, 1.54) is 16.4 Å². The molecule has 2 heterocycles. The molecule has 30 heavy (non-hydrogen) atoms. The van der Waals surface area contributed by atoms with Gasteiger partial charge in [0.05, 0.1) is 10.3 Å². The van der Waals surface area contributed by atoms with Gasteiger partial charge >= 0.3 is 0 Å². The number of nitrogens with zero attached hydrogens (tertiary/aromatic N) is 2. The van der Waals surface area contributed by atoms with Crippen LogP contribution in [0.5, 0.6) is 0 Å². The van der Waals surface area contributed by atoms with Crippen LogP contribution in [0.4, 0.5) is 4.39 Å². The second-order valence-electron chi connectivity index (χ2n) is 8.51. The summed E-state index contributed by atoms with van der Waals surface area (Å²) in [7, 11) is -2.10. The number of amides is 1. The van der Waals surface area contributed by atoms with Gasteiger partial charge in [-0.1, -0.05) is 6.07 Å². The summed E-state index contributed by atoms with van der Waals surface area (Å²) in [6.07, 6.45) is 3.59. The van der Waals surface area contributed by atoms with Crippen molar-refractivity contribution < 1.29 is 22.3 Å². The average molecular weight is 442 g/mol. The molecule has 2 aliphatic heterocycles. The minimum atomic E-state index is -3.72. The second-order valence-corrected chi connectivity index (χ2v) is 10.4. The third kappa shape index (κ3) is 4.69. The zero-order chi connectivity index (χ0) is 21.9. The number of nitrogens with two attached hydrogens (primary N) is 1. The van der Waals surface area contributed by atoms with E-state index in [9.17, 15) is 17.6 Å². The Kier molecular flexibility index (Phi) is 7.16. The summed E-state index contributed by atoms with van der Waals surface area (Å²) in [5, 5.41) is 0. The summed E-state index contributed by atoms with van der Waals surface area (Å²) >= 11 is 0. The molecular weight excluding hydrogens is 409 g/mol. The molecule has 1 atom stereocenters. The normalized spacial score (nSPS) is 24.8. The first-order valence-corrected chi connectivity index (χ1v) is 11.9. The fourth-order valence-electron chi connectivity index (χ4n) is 4.64. The van der Waals surface area contributed by atoms with E-state index in [4.69, 9.17) is 10.5 Å². The Morgan fingerprint density at radius 2 is 2.00 bits per heavy atom. The molecular formula is C21H32FN3O4S. The maximum Gasteiger partial charge on any atom is 0.243 e. The van der Waals surface area contributed by atoms with Crippen molar-refractivity contribution in [1.82, 2.24) is 9.21 Å². The van der Waals surface area contributed by atoms with Crippen LogP contribution in [0.3, 0.4) is 0 Å². The van der Waals surface area contributed by atoms with Gasteiger partial charge in [0.1, 0.15) is 5.82 Å². The SMILES string of the molecule is COCCC1(C(N)=O)CCCN(C2CCN(S(=O)(=O)c3ccc(C)c(F)c3)CC2)C1. The predicted molar refractivity (Wildman–Crippen MR) is 112 cm³/mol. The fraction of sp³-hybridized carbons (Fsp3) is 0.667. The molecule has 0 radical (unpaired) electrons. The number of carbonyl (C=O) groups is 1. The monoisotopic (exact) mass is 441 g/mol. The molecule has 1 amide bonds. The van der Waals surface area contributed by atoms with Crippen molar-refractivity contribution in [3.63, 3.8) is 0 Å². The number of halogens is 1. The minimum Gasteiger partial charge on any atom is -0.385 e. The summed E-state index contributed by atoms with van der Waals surface area (Å²) < 4.78 is 46.3. The maximum absolute atomic E-state index is 13.9. The van der Waals surface area contributed by atoms with Crippen molar-refractivity contribution in [2.45, 2.75) is 50.0 Å². The van der Waals surface area contributed by atoms with Crippen molar-refractivity contribution in [3.05, 3.63) is 29.6 Å². The van der Waals surface area contributed by atoms with Crippen LogP contribution in [0.1, 0.15) is 37.7 Å². The molecule has 2 aliphatic rings. The van der Waals surface area contributed by atoms with E-state index in [1.807, 2.05) is 0 Å². The lowest BCUT2D eigenvalue weighted by Crippen LogP contribution is -2.56. The van der Waals surface area contributed by atoms with Crippen molar-refractivity contribution in [2.75, 3.05) is 39.9 Å². The molecule has 2 N–H and O–H groups in total. The van der Waals surface area contributed by atoms with Gasteiger partial charge in [0.15, 0.2) is 0 Å². The van der Waals surface area contributed by atoms with Crippen molar-refractivity contribution in [1.29, 1.82) is 0 Å². The molecule has 0 saturated carbocycles. The van der Waals surface area contributed by atoms with Crippen molar-refractivity contribution in [3.8, 4) is 0 Å². The van der Waals surface area contributed by atoms with E-state index in [2.05, 4.69) is 4.90 Å². The Hall–Kier alpha value is -1.55. The zero-order valence-corrected chi connectivity index (χ0v) is 18.6. The van der Waals surface area contributed by atoms with E-state index < -0.39 is 21.3 Å². The average Bonchev–Trinajstić information content (AvgIpc) is 2.74. The van der Waals surface area contributed by atoms with E-state index in [1.54, 1.807) is 14.0 Å². The van der Waals surface area contributed by atoms with Crippen LogP contribution < -0.4 is 5.73 Å². The number of sulfonamides is 1. The van der Waals surface area contributed by atoms with Gasteiger partial charge in [-0.05, 0) is 63.3 Å². The number of benzene rings is 1. The lowest BCUT2D eigenvalue weighted by Gasteiger charge is -2.46. The molecule has 0 aromatic heterocycles. The van der Waals surface area contributed by atoms with Crippen LogP contribution in [-0.2, 0) is 19.6 Å². The lowest BCUT2D eigenvalue weighted by atomic mass is 9.76. The van der Waals surface area contributed by atoms with E-state index in [-0.39, 0.29) is 16.8 Å². The van der Waals surface area contributed by atoms with Crippen LogP contribution in [0, 0.1) is 18.2 Å². The first kappa shape index (κ1) is 23.1. The Balaban J connectivity index is 1.66. The Morgan fingerprint density at radius 3 is 2.60 bits per heavy atom. The van der Waals surface area contributed by atoms with Gasteiger partial charge < -0.3 is 10.5 Å². The van der Waals surface area contributed by atoms with E-state index >= 15 is 0 Å². The van der Waals surface area contributed by atoms with Gasteiger partial charge in [-0.25, -0.2) is 12.8 Å². The zero-order valence-electron chi connectivity index (χ0n) is 17.8. The maximum atomic E-state index is 13.9. The van der Waals surface area contributed by atoms with Crippen LogP contribution >= 0.6 is 0 Å². The molecule has 168 valence electrons. The third-order valence-electron chi connectivity index (χ3n) is 6.63. The molecule has 3 rings (SSSR count). The number of piperidine rings is 2. The van der Waals surface area contributed by atoms with Gasteiger partial charge in [0.25, 0.3) is 0 Å². The Morgan fingerprint density at radius 1 is 1.30 bits per heavy atom. The lowest BCUT2D eigenvalue weighted by molar-refractivity contribution is -0.133. The summed E-state index contributed by atoms with van der Waals surface area (Å²) in [6, 6.07) is 4.25. The summed E-state index contributed by atoms with van der Waals surface area (Å²) in [4.78, 5) is 14.5. The molecule has 2 fully saturated rings. The van der Waals surface area contributed by atoms with E-state index in [0.29, 0.717) is 51.1 Å². The largest absolute Gasteiger partial charge is 0.385 e. The van der Waals surface area contributed by atoms with Crippen LogP contribution in [0.25, 0.3) is 0 Å². The standard InChI is InChI=1S/C21H32FN3O4S/c1-16-4-5-18(14-19(16)22)30(27,28)25-11-6-17(7-12-25)24-10-3-8-21(15-24,20(23)26)9-13-29-2/h4-5,14,17H,3,6-13,15H2,1-2H3,(H2,23,26). The molecule has 9 heteroatoms. The van der Waals surface area contributed by atoms with Crippen LogP contribution in [0.15, 0.2) is 23.1 Å². The topological polar surface area (TPSA) is 92.9 Å². The first-order chi connectivity index (χ1) is 14.2. The molecule has 1 aromatic carbocycles. The number of hydrogen-bond acceptors (Lipinski definition) is 5. The summed E-state index contributed by atoms with van der Waals surface area (Å²) in [6.45, 7) is 4.31. The highest BCUT2D eigenvalue weighted by molar-refractivity contribution is 7.89. The van der Waals surface area contributed by atoms with Gasteiger partial charge in [0, 0.05) is 39.4 Å². The molecule has 0 aliphatic carbocycles. The van der Waals surface area contributed by atoms with Gasteiger partial charge in [0.2, 0.25) is 15.9 Å². The van der Waals surface area contributed by atoms with Crippen molar-refractivity contribution >= 4 is 15.9 Å². The molecule has 1 unspecified atom stereocenters. The molecule has 1 aromatic rings. The van der Waals surface area contributed by atoms with Crippen molar-refractivity contribution in [2.24, 2.45) is 11.1 Å². The van der Waals surface area contributed by atoms with Crippen LogP contribution in [0.2, 0.25) is 0 Å². The smallest absolute Gasteiger partial charge is 0.243 e. The number of ether oxygens (including phenoxy) is 1. The highest BCUT2D eigenvalue weighted by Gasteiger charge is 2.43. The van der Waals surface area contributed by atoms with Gasteiger partial charge in [-0.15, -0.1) is 0 Å². The minimum absolute atomic E-state index is 0.00525. The molecule has 0 spiro atoms. The highest BCUT2D eigenvalue weighted by Crippen LogP contribution is 2.36.